The van der Waals surface area contributed by atoms with Crippen LogP contribution < -0.4 is 5.56 Å². The first kappa shape index (κ1) is 16.0. The molecule has 2 N–H and O–H groups in total. The Balaban J connectivity index is 2.33. The molecule has 0 radical (unpaired) electrons. The Kier molecular flexibility index (Phi) is 4.15. The lowest BCUT2D eigenvalue weighted by atomic mass is 9.77. The van der Waals surface area contributed by atoms with Gasteiger partial charge in [-0.05, 0) is 51.2 Å². The fourth-order valence-corrected chi connectivity index (χ4v) is 2.12. The first-order valence-electron chi connectivity index (χ1n) is 7.02. The Bertz CT molecular complexity index is 602. The molecule has 0 unspecified atom stereocenters. The molecule has 0 aromatic carbocycles. The van der Waals surface area contributed by atoms with Crippen molar-refractivity contribution in [3.05, 3.63) is 39.2 Å². The largest absolute Gasteiger partial charge is 0.492 e. The van der Waals surface area contributed by atoms with Crippen molar-refractivity contribution >= 4 is 13.2 Å². The van der Waals surface area contributed by atoms with Crippen LogP contribution in [0.4, 0.5) is 0 Å². The van der Waals surface area contributed by atoms with Crippen LogP contribution in [0.25, 0.3) is 6.08 Å². The minimum atomic E-state index is -0.591. The van der Waals surface area contributed by atoms with Crippen LogP contribution in [0, 0.1) is 6.92 Å². The van der Waals surface area contributed by atoms with E-state index in [4.69, 9.17) is 9.31 Å². The topological polar surface area (TPSA) is 71.6 Å². The summed E-state index contributed by atoms with van der Waals surface area (Å²) in [4.78, 5) is 13.9. The van der Waals surface area contributed by atoms with Crippen molar-refractivity contribution in [2.24, 2.45) is 0 Å². The monoisotopic (exact) mass is 291 g/mol. The lowest BCUT2D eigenvalue weighted by Gasteiger charge is -2.32. The lowest BCUT2D eigenvalue weighted by molar-refractivity contribution is 0.00578. The molecular weight excluding hydrogens is 269 g/mol. The minimum Gasteiger partial charge on any atom is -0.400 e. The summed E-state index contributed by atoms with van der Waals surface area (Å²) >= 11 is 0. The van der Waals surface area contributed by atoms with Gasteiger partial charge in [0.2, 0.25) is 5.56 Å². The number of aryl methyl sites for hydroxylation is 1. The van der Waals surface area contributed by atoms with E-state index in [1.54, 1.807) is 12.3 Å². The summed E-state index contributed by atoms with van der Waals surface area (Å²) in [7, 11) is -0.591. The standard InChI is InChI=1S/C15H22BNO4/c1-10-6-13(19)17-8-11(10)7-12(9-18)16-20-14(2,3)15(4,5)21-16/h6-8,18H,9H2,1-5H3,(H,17,19). The van der Waals surface area contributed by atoms with Crippen LogP contribution in [-0.2, 0) is 9.31 Å². The molecule has 6 heteroatoms. The average Bonchev–Trinajstić information content (AvgIpc) is 2.57. The second-order valence-electron chi connectivity index (χ2n) is 6.40. The van der Waals surface area contributed by atoms with Gasteiger partial charge in [-0.25, -0.2) is 0 Å². The molecule has 2 heterocycles. The smallest absolute Gasteiger partial charge is 0.400 e. The number of pyridine rings is 1. The van der Waals surface area contributed by atoms with E-state index in [2.05, 4.69) is 4.98 Å². The molecule has 0 amide bonds. The SMILES string of the molecule is Cc1cc(=O)[nH]cc1C=C(CO)B1OC(C)(C)C(C)(C)O1. The van der Waals surface area contributed by atoms with Crippen molar-refractivity contribution in [1.29, 1.82) is 0 Å². The summed E-state index contributed by atoms with van der Waals surface area (Å²) in [6.07, 6.45) is 3.42. The second-order valence-corrected chi connectivity index (χ2v) is 6.40. The van der Waals surface area contributed by atoms with Crippen molar-refractivity contribution in [1.82, 2.24) is 4.98 Å². The molecule has 1 aromatic rings. The Morgan fingerprint density at radius 3 is 2.38 bits per heavy atom. The average molecular weight is 291 g/mol. The quantitative estimate of drug-likeness (QED) is 0.831. The van der Waals surface area contributed by atoms with Gasteiger partial charge in [-0.3, -0.25) is 4.79 Å². The van der Waals surface area contributed by atoms with Gasteiger partial charge in [0.05, 0.1) is 17.8 Å². The molecule has 5 nitrogen and oxygen atoms in total. The maximum atomic E-state index is 11.2. The molecule has 114 valence electrons. The van der Waals surface area contributed by atoms with Crippen molar-refractivity contribution in [3.63, 3.8) is 0 Å². The molecule has 21 heavy (non-hydrogen) atoms. The molecule has 1 saturated heterocycles. The number of hydrogen-bond donors (Lipinski definition) is 2. The molecule has 2 rings (SSSR count). The Hall–Kier alpha value is -1.37. The maximum absolute atomic E-state index is 11.2. The van der Waals surface area contributed by atoms with Crippen LogP contribution in [0.3, 0.4) is 0 Å². The van der Waals surface area contributed by atoms with Gasteiger partial charge in [0.1, 0.15) is 0 Å². The summed E-state index contributed by atoms with van der Waals surface area (Å²) in [5.74, 6) is 0. The van der Waals surface area contributed by atoms with Gasteiger partial charge in [-0.2, -0.15) is 0 Å². The minimum absolute atomic E-state index is 0.147. The second kappa shape index (κ2) is 5.44. The molecule has 1 aliphatic heterocycles. The highest BCUT2D eigenvalue weighted by Gasteiger charge is 2.52. The molecule has 1 aliphatic rings. The van der Waals surface area contributed by atoms with E-state index in [1.165, 1.54) is 6.07 Å². The van der Waals surface area contributed by atoms with Crippen molar-refractivity contribution < 1.29 is 14.4 Å². The van der Waals surface area contributed by atoms with E-state index in [9.17, 15) is 9.90 Å². The highest BCUT2D eigenvalue weighted by Crippen LogP contribution is 2.38. The number of aliphatic hydroxyl groups is 1. The van der Waals surface area contributed by atoms with E-state index in [-0.39, 0.29) is 12.2 Å². The van der Waals surface area contributed by atoms with Gasteiger partial charge in [0, 0.05) is 12.3 Å². The number of H-pyrrole nitrogens is 1. The predicted molar refractivity (Wildman–Crippen MR) is 82.9 cm³/mol. The van der Waals surface area contributed by atoms with Crippen molar-refractivity contribution in [2.45, 2.75) is 45.8 Å². The number of aromatic nitrogens is 1. The van der Waals surface area contributed by atoms with Gasteiger partial charge in [-0.1, -0.05) is 6.08 Å². The number of rotatable bonds is 3. The number of nitrogens with one attached hydrogen (secondary N) is 1. The summed E-state index contributed by atoms with van der Waals surface area (Å²) in [5.41, 5.74) is 1.24. The third-order valence-corrected chi connectivity index (χ3v) is 4.25. The maximum Gasteiger partial charge on any atom is 0.492 e. The van der Waals surface area contributed by atoms with E-state index in [0.29, 0.717) is 5.47 Å². The van der Waals surface area contributed by atoms with Crippen molar-refractivity contribution in [2.75, 3.05) is 6.61 Å². The Morgan fingerprint density at radius 2 is 1.90 bits per heavy atom. The zero-order chi connectivity index (χ0) is 15.8. The highest BCUT2D eigenvalue weighted by atomic mass is 16.7. The summed E-state index contributed by atoms with van der Waals surface area (Å²) in [5, 5.41) is 9.63. The van der Waals surface area contributed by atoms with Gasteiger partial charge < -0.3 is 19.4 Å². The number of aromatic amines is 1. The zero-order valence-corrected chi connectivity index (χ0v) is 13.2. The third-order valence-electron chi connectivity index (χ3n) is 4.25. The number of aliphatic hydroxyl groups excluding tert-OH is 1. The van der Waals surface area contributed by atoms with E-state index in [0.717, 1.165) is 11.1 Å². The fourth-order valence-electron chi connectivity index (χ4n) is 2.12. The molecule has 0 saturated carbocycles. The normalized spacial score (nSPS) is 20.9. The highest BCUT2D eigenvalue weighted by molar-refractivity contribution is 6.55. The summed E-state index contributed by atoms with van der Waals surface area (Å²) < 4.78 is 11.9. The first-order valence-corrected chi connectivity index (χ1v) is 7.02. The van der Waals surface area contributed by atoms with Crippen LogP contribution in [0.5, 0.6) is 0 Å². The molecule has 0 aliphatic carbocycles. The molecule has 0 spiro atoms. The van der Waals surface area contributed by atoms with Gasteiger partial charge in [0.15, 0.2) is 0 Å². The lowest BCUT2D eigenvalue weighted by Crippen LogP contribution is -2.41. The molecular formula is C15H22BNO4. The van der Waals surface area contributed by atoms with Crippen LogP contribution in [0.2, 0.25) is 0 Å². The Morgan fingerprint density at radius 1 is 1.33 bits per heavy atom. The Labute approximate surface area is 125 Å². The molecule has 1 aromatic heterocycles. The summed E-state index contributed by atoms with van der Waals surface area (Å²) in [6.45, 7) is 9.54. The van der Waals surface area contributed by atoms with Crippen LogP contribution in [0.15, 0.2) is 22.5 Å². The van der Waals surface area contributed by atoms with Gasteiger partial charge in [-0.15, -0.1) is 0 Å². The predicted octanol–water partition coefficient (Wildman–Crippen LogP) is 1.69. The summed E-state index contributed by atoms with van der Waals surface area (Å²) in [6, 6.07) is 1.52. The third kappa shape index (κ3) is 3.12. The molecule has 0 bridgehead atoms. The van der Waals surface area contributed by atoms with Gasteiger partial charge in [0.25, 0.3) is 0 Å². The van der Waals surface area contributed by atoms with E-state index < -0.39 is 18.3 Å². The fraction of sp³-hybridized carbons (Fsp3) is 0.533. The van der Waals surface area contributed by atoms with Crippen LogP contribution in [0.1, 0.15) is 38.8 Å². The molecule has 1 fully saturated rings. The number of hydrogen-bond acceptors (Lipinski definition) is 4. The van der Waals surface area contributed by atoms with Gasteiger partial charge >= 0.3 is 7.12 Å². The zero-order valence-electron chi connectivity index (χ0n) is 13.2. The molecule has 0 atom stereocenters. The first-order chi connectivity index (χ1) is 9.66. The van der Waals surface area contributed by atoms with Crippen LogP contribution in [-0.4, -0.2) is 35.0 Å². The van der Waals surface area contributed by atoms with E-state index in [1.807, 2.05) is 34.6 Å². The van der Waals surface area contributed by atoms with Crippen LogP contribution >= 0.6 is 0 Å². The van der Waals surface area contributed by atoms with E-state index >= 15 is 0 Å². The van der Waals surface area contributed by atoms with Crippen molar-refractivity contribution in [3.8, 4) is 0 Å².